The second-order valence-corrected chi connectivity index (χ2v) is 13.1. The van der Waals surface area contributed by atoms with Gasteiger partial charge in [-0.3, -0.25) is 0 Å². The molecule has 8 aromatic rings. The molecule has 0 aromatic heterocycles. The molecule has 0 fully saturated rings. The van der Waals surface area contributed by atoms with Crippen molar-refractivity contribution in [3.05, 3.63) is 263 Å². The summed E-state index contributed by atoms with van der Waals surface area (Å²) in [7, 11) is 0. The van der Waals surface area contributed by atoms with Crippen LogP contribution in [-0.4, -0.2) is 0 Å². The van der Waals surface area contributed by atoms with Gasteiger partial charge >= 0.3 is 0 Å². The summed E-state index contributed by atoms with van der Waals surface area (Å²) in [6, 6.07) is 78.9. The van der Waals surface area contributed by atoms with Crippen LogP contribution in [0.5, 0.6) is 0 Å². The molecule has 0 saturated carbocycles. The van der Waals surface area contributed by atoms with Crippen molar-refractivity contribution in [3.8, 4) is 22.3 Å². The van der Waals surface area contributed by atoms with Crippen molar-refractivity contribution in [1.82, 2.24) is 0 Å². The molecule has 0 bridgehead atoms. The SMILES string of the molecule is CC.CC.CC.CC.CC.CC.CC.CC.CC.CC.CC.CC.CC.CC.c1ccc(C2(c3ccccc3)c3ccccc3-c3ccccc32)cc1.c1ccc(C2(c3ccccc3)c3ccccc3-c3ccccc32)cc1. The molecule has 0 saturated heterocycles. The van der Waals surface area contributed by atoms with Crippen molar-refractivity contribution in [2.75, 3.05) is 0 Å². The molecule has 0 radical (unpaired) electrons. The van der Waals surface area contributed by atoms with E-state index in [1.807, 2.05) is 194 Å². The first-order chi connectivity index (χ1) is 38.8. The predicted octanol–water partition coefficient (Wildman–Crippen LogP) is 26.5. The molecule has 0 heteroatoms. The summed E-state index contributed by atoms with van der Waals surface area (Å²) >= 11 is 0. The van der Waals surface area contributed by atoms with Crippen molar-refractivity contribution in [1.29, 1.82) is 0 Å². The van der Waals surface area contributed by atoms with Gasteiger partial charge in [-0.2, -0.15) is 0 Å². The van der Waals surface area contributed by atoms with E-state index in [4.69, 9.17) is 0 Å². The molecule has 0 amide bonds. The first-order valence-corrected chi connectivity index (χ1v) is 31.5. The summed E-state index contributed by atoms with van der Waals surface area (Å²) in [5.41, 5.74) is 15.6. The summed E-state index contributed by atoms with van der Waals surface area (Å²) in [6.45, 7) is 56.0. The first kappa shape index (κ1) is 83.1. The van der Waals surface area contributed by atoms with Crippen LogP contribution in [0.25, 0.3) is 22.3 Å². The summed E-state index contributed by atoms with van der Waals surface area (Å²) in [5.74, 6) is 0. The summed E-state index contributed by atoms with van der Waals surface area (Å²) in [4.78, 5) is 0. The molecule has 0 N–H and O–H groups in total. The summed E-state index contributed by atoms with van der Waals surface area (Å²) in [6.07, 6.45) is 0. The van der Waals surface area contributed by atoms with Crippen LogP contribution in [0, 0.1) is 0 Å². The lowest BCUT2D eigenvalue weighted by molar-refractivity contribution is 0.768. The average molecular weight is 1060 g/mol. The minimum absolute atomic E-state index is 0.254. The van der Waals surface area contributed by atoms with E-state index in [9.17, 15) is 0 Å². The van der Waals surface area contributed by atoms with E-state index >= 15 is 0 Å². The van der Waals surface area contributed by atoms with Crippen molar-refractivity contribution in [2.24, 2.45) is 0 Å². The second-order valence-electron chi connectivity index (χ2n) is 13.1. The molecule has 78 heavy (non-hydrogen) atoms. The fraction of sp³-hybridized carbons (Fsp3) is 0.385. The Morgan fingerprint density at radius 3 is 0.397 bits per heavy atom. The monoisotopic (exact) mass is 1060 g/mol. The van der Waals surface area contributed by atoms with Crippen LogP contribution in [0.15, 0.2) is 218 Å². The predicted molar refractivity (Wildman–Crippen MR) is 366 cm³/mol. The lowest BCUT2D eigenvalue weighted by atomic mass is 9.68. The van der Waals surface area contributed by atoms with E-state index in [2.05, 4.69) is 218 Å². The highest BCUT2D eigenvalue weighted by molar-refractivity contribution is 5.87. The third kappa shape index (κ3) is 20.9. The first-order valence-electron chi connectivity index (χ1n) is 31.5. The Bertz CT molecular complexity index is 2060. The van der Waals surface area contributed by atoms with Crippen molar-refractivity contribution in [3.63, 3.8) is 0 Å². The highest BCUT2D eigenvalue weighted by Crippen LogP contribution is 2.57. The van der Waals surface area contributed by atoms with Gasteiger partial charge in [0.1, 0.15) is 0 Å². The van der Waals surface area contributed by atoms with Gasteiger partial charge in [0.15, 0.2) is 0 Å². The van der Waals surface area contributed by atoms with Gasteiger partial charge in [0.2, 0.25) is 0 Å². The zero-order chi connectivity index (χ0) is 61.4. The molecule has 432 valence electrons. The molecule has 0 unspecified atom stereocenters. The van der Waals surface area contributed by atoms with E-state index in [-0.39, 0.29) is 10.8 Å². The number of benzene rings is 8. The van der Waals surface area contributed by atoms with Crippen molar-refractivity contribution in [2.45, 2.75) is 205 Å². The van der Waals surface area contributed by atoms with Gasteiger partial charge in [0, 0.05) is 0 Å². The third-order valence-electron chi connectivity index (χ3n) is 10.7. The van der Waals surface area contributed by atoms with Crippen LogP contribution in [0.2, 0.25) is 0 Å². The molecule has 0 atom stereocenters. The Hall–Kier alpha value is -6.24. The molecule has 2 aliphatic carbocycles. The number of hydrogen-bond acceptors (Lipinski definition) is 0. The largest absolute Gasteiger partial charge is 0.0713 e. The Morgan fingerprint density at radius 2 is 0.256 bits per heavy atom. The molecular weight excluding hydrogens is 937 g/mol. The highest BCUT2D eigenvalue weighted by atomic mass is 14.5. The highest BCUT2D eigenvalue weighted by Gasteiger charge is 2.46. The van der Waals surface area contributed by atoms with Gasteiger partial charge < -0.3 is 0 Å². The molecule has 0 aliphatic heterocycles. The van der Waals surface area contributed by atoms with Gasteiger partial charge in [-0.25, -0.2) is 0 Å². The number of fused-ring (bicyclic) bond motifs is 6. The number of hydrogen-bond donors (Lipinski definition) is 0. The van der Waals surface area contributed by atoms with Crippen LogP contribution in [0.1, 0.15) is 238 Å². The van der Waals surface area contributed by atoms with Crippen LogP contribution < -0.4 is 0 Å². The fourth-order valence-corrected chi connectivity index (χ4v) is 8.80. The second kappa shape index (κ2) is 56.9. The summed E-state index contributed by atoms with van der Waals surface area (Å²) < 4.78 is 0. The minimum Gasteiger partial charge on any atom is -0.0683 e. The topological polar surface area (TPSA) is 0 Å². The Kier molecular flexibility index (Phi) is 60.7. The van der Waals surface area contributed by atoms with Gasteiger partial charge in [-0.1, -0.05) is 412 Å². The van der Waals surface area contributed by atoms with Crippen LogP contribution in [-0.2, 0) is 10.8 Å². The average Bonchev–Trinajstić information content (AvgIpc) is 4.07. The van der Waals surface area contributed by atoms with E-state index in [1.165, 1.54) is 66.8 Å². The maximum Gasteiger partial charge on any atom is 0.0713 e. The van der Waals surface area contributed by atoms with Crippen molar-refractivity contribution < 1.29 is 0 Å². The van der Waals surface area contributed by atoms with Gasteiger partial charge in [0.25, 0.3) is 0 Å². The molecule has 10 rings (SSSR count). The minimum atomic E-state index is -0.254. The lowest BCUT2D eigenvalue weighted by Crippen LogP contribution is -2.28. The zero-order valence-electron chi connectivity index (χ0n) is 55.8. The van der Waals surface area contributed by atoms with Crippen molar-refractivity contribution >= 4 is 0 Å². The van der Waals surface area contributed by atoms with Gasteiger partial charge in [-0.15, -0.1) is 0 Å². The maximum atomic E-state index is 2.29. The Morgan fingerprint density at radius 1 is 0.141 bits per heavy atom. The molecule has 2 aliphatic rings. The van der Waals surface area contributed by atoms with Crippen LogP contribution in [0.3, 0.4) is 0 Å². The standard InChI is InChI=1S/2C25H18.14C2H6/c2*1-3-11-19(12-4-1)25(20-13-5-2-6-14-20)23-17-9-7-15-21(23)22-16-8-10-18-24(22)25;14*1-2/h2*1-18H;14*1-2H3. The third-order valence-corrected chi connectivity index (χ3v) is 10.7. The molecule has 0 nitrogen and oxygen atoms in total. The van der Waals surface area contributed by atoms with E-state index in [1.54, 1.807) is 0 Å². The van der Waals surface area contributed by atoms with Gasteiger partial charge in [0.05, 0.1) is 10.8 Å². The van der Waals surface area contributed by atoms with Gasteiger partial charge in [-0.05, 0) is 66.8 Å². The van der Waals surface area contributed by atoms with Crippen LogP contribution in [0.4, 0.5) is 0 Å². The van der Waals surface area contributed by atoms with E-state index in [0.29, 0.717) is 0 Å². The normalized spacial score (nSPS) is 10.0. The van der Waals surface area contributed by atoms with E-state index in [0.717, 1.165) is 0 Å². The smallest absolute Gasteiger partial charge is 0.0683 e. The van der Waals surface area contributed by atoms with Crippen LogP contribution >= 0.6 is 0 Å². The Balaban J connectivity index is -0.000000230. The molecule has 0 heterocycles. The molecule has 0 spiro atoms. The lowest BCUT2D eigenvalue weighted by Gasteiger charge is -2.33. The Labute approximate surface area is 487 Å². The zero-order valence-corrected chi connectivity index (χ0v) is 55.8. The number of rotatable bonds is 4. The quantitative estimate of drug-likeness (QED) is 0.165. The molecular formula is C78H120. The molecule has 8 aromatic carbocycles. The maximum absolute atomic E-state index is 2.29. The fourth-order valence-electron chi connectivity index (χ4n) is 8.80. The summed E-state index contributed by atoms with van der Waals surface area (Å²) in [5, 5.41) is 0. The van der Waals surface area contributed by atoms with E-state index < -0.39 is 0 Å².